The summed E-state index contributed by atoms with van der Waals surface area (Å²) in [5.41, 5.74) is 5.57. The van der Waals surface area contributed by atoms with Gasteiger partial charge < -0.3 is 0 Å². The molecule has 1 aromatic carbocycles. The summed E-state index contributed by atoms with van der Waals surface area (Å²) in [7, 11) is 0. The quantitative estimate of drug-likeness (QED) is 0.628. The maximum absolute atomic E-state index is 11.9. The Morgan fingerprint density at radius 3 is 2.56 bits per heavy atom. The molecule has 0 heterocycles. The van der Waals surface area contributed by atoms with Crippen LogP contribution in [0.4, 0.5) is 0 Å². The van der Waals surface area contributed by atoms with Crippen LogP contribution in [0.15, 0.2) is 29.4 Å². The molecule has 1 saturated carbocycles. The van der Waals surface area contributed by atoms with E-state index in [9.17, 15) is 4.79 Å². The van der Waals surface area contributed by atoms with E-state index in [1.54, 1.807) is 0 Å². The number of rotatable bonds is 2. The first-order valence-electron chi connectivity index (χ1n) is 6.68. The molecule has 1 aliphatic carbocycles. The van der Waals surface area contributed by atoms with Crippen molar-refractivity contribution in [1.82, 2.24) is 5.43 Å². The van der Waals surface area contributed by atoms with E-state index in [0.717, 1.165) is 24.1 Å². The van der Waals surface area contributed by atoms with Crippen molar-refractivity contribution in [2.24, 2.45) is 5.10 Å². The number of hydrazone groups is 1. The van der Waals surface area contributed by atoms with Crippen LogP contribution < -0.4 is 5.43 Å². The average Bonchev–Trinajstić information content (AvgIpc) is 2.64. The second-order valence-corrected chi connectivity index (χ2v) is 4.90. The molecule has 3 heteroatoms. The van der Waals surface area contributed by atoms with Crippen molar-refractivity contribution < 1.29 is 4.79 Å². The second-order valence-electron chi connectivity index (χ2n) is 4.90. The molecule has 1 fully saturated rings. The lowest BCUT2D eigenvalue weighted by molar-refractivity contribution is 0.0954. The highest BCUT2D eigenvalue weighted by Gasteiger charge is 2.08. The third-order valence-electron chi connectivity index (χ3n) is 3.28. The number of hydrogen-bond acceptors (Lipinski definition) is 2. The van der Waals surface area contributed by atoms with Crippen LogP contribution in [-0.4, -0.2) is 11.6 Å². The minimum Gasteiger partial charge on any atom is -0.267 e. The van der Waals surface area contributed by atoms with Gasteiger partial charge in [-0.05, 0) is 44.7 Å². The van der Waals surface area contributed by atoms with E-state index in [1.165, 1.54) is 25.7 Å². The third-order valence-corrected chi connectivity index (χ3v) is 3.28. The Balaban J connectivity index is 1.96. The van der Waals surface area contributed by atoms with Crippen molar-refractivity contribution >= 4 is 11.6 Å². The first kappa shape index (κ1) is 12.8. The Morgan fingerprint density at radius 2 is 1.89 bits per heavy atom. The van der Waals surface area contributed by atoms with E-state index in [2.05, 4.69) is 10.5 Å². The van der Waals surface area contributed by atoms with Crippen LogP contribution in [0.3, 0.4) is 0 Å². The number of amides is 1. The van der Waals surface area contributed by atoms with E-state index in [0.29, 0.717) is 5.56 Å². The Labute approximate surface area is 108 Å². The van der Waals surface area contributed by atoms with Gasteiger partial charge in [0.25, 0.3) is 5.91 Å². The van der Waals surface area contributed by atoms with Gasteiger partial charge in [-0.3, -0.25) is 4.79 Å². The number of nitrogens with one attached hydrogen (secondary N) is 1. The predicted molar refractivity (Wildman–Crippen MR) is 73.8 cm³/mol. The van der Waals surface area contributed by atoms with Gasteiger partial charge in [0.05, 0.1) is 0 Å². The summed E-state index contributed by atoms with van der Waals surface area (Å²) in [6.07, 6.45) is 7.00. The molecule has 2 rings (SSSR count). The lowest BCUT2D eigenvalue weighted by Gasteiger charge is -2.04. The zero-order valence-corrected chi connectivity index (χ0v) is 10.9. The van der Waals surface area contributed by atoms with Crippen LogP contribution >= 0.6 is 0 Å². The molecule has 96 valence electrons. The second kappa shape index (κ2) is 6.34. The average molecular weight is 244 g/mol. The first-order chi connectivity index (χ1) is 8.75. The van der Waals surface area contributed by atoms with Gasteiger partial charge in [-0.15, -0.1) is 0 Å². The highest BCUT2D eigenvalue weighted by atomic mass is 16.2. The maximum atomic E-state index is 11.9. The van der Waals surface area contributed by atoms with E-state index in [1.807, 2.05) is 31.2 Å². The van der Waals surface area contributed by atoms with Gasteiger partial charge in [0.1, 0.15) is 0 Å². The molecule has 0 spiro atoms. The zero-order valence-electron chi connectivity index (χ0n) is 10.9. The van der Waals surface area contributed by atoms with E-state index in [-0.39, 0.29) is 5.91 Å². The number of carbonyl (C=O) groups is 1. The van der Waals surface area contributed by atoms with Gasteiger partial charge in [0.2, 0.25) is 0 Å². The zero-order chi connectivity index (χ0) is 12.8. The van der Waals surface area contributed by atoms with Gasteiger partial charge in [-0.25, -0.2) is 5.43 Å². The molecule has 1 aromatic rings. The molecular formula is C15H20N2O. The van der Waals surface area contributed by atoms with Crippen LogP contribution in [0.25, 0.3) is 0 Å². The number of benzene rings is 1. The van der Waals surface area contributed by atoms with Crippen molar-refractivity contribution in [2.45, 2.75) is 45.4 Å². The van der Waals surface area contributed by atoms with Crippen molar-refractivity contribution in [3.05, 3.63) is 35.4 Å². The maximum Gasteiger partial charge on any atom is 0.271 e. The van der Waals surface area contributed by atoms with Crippen molar-refractivity contribution in [1.29, 1.82) is 0 Å². The summed E-state index contributed by atoms with van der Waals surface area (Å²) in [5, 5.41) is 4.27. The Bertz CT molecular complexity index is 442. The summed E-state index contributed by atoms with van der Waals surface area (Å²) in [6.45, 7) is 1.98. The fourth-order valence-corrected chi connectivity index (χ4v) is 2.23. The summed E-state index contributed by atoms with van der Waals surface area (Å²) >= 11 is 0. The molecule has 0 radical (unpaired) electrons. The lowest BCUT2D eigenvalue weighted by atomic mass is 10.1. The van der Waals surface area contributed by atoms with Gasteiger partial charge in [0, 0.05) is 11.3 Å². The third kappa shape index (κ3) is 3.69. The molecule has 0 aromatic heterocycles. The predicted octanol–water partition coefficient (Wildman–Crippen LogP) is 3.44. The highest BCUT2D eigenvalue weighted by molar-refractivity contribution is 5.95. The summed E-state index contributed by atoms with van der Waals surface area (Å²) in [6, 6.07) is 7.56. The van der Waals surface area contributed by atoms with E-state index >= 15 is 0 Å². The Morgan fingerprint density at radius 1 is 1.17 bits per heavy atom. The van der Waals surface area contributed by atoms with E-state index < -0.39 is 0 Å². The topological polar surface area (TPSA) is 41.5 Å². The van der Waals surface area contributed by atoms with Gasteiger partial charge in [-0.1, -0.05) is 30.5 Å². The Kier molecular flexibility index (Phi) is 4.51. The number of nitrogens with zero attached hydrogens (tertiary/aromatic N) is 1. The number of hydrogen-bond donors (Lipinski definition) is 1. The molecule has 1 N–H and O–H groups in total. The van der Waals surface area contributed by atoms with Crippen LogP contribution in [0.5, 0.6) is 0 Å². The molecule has 1 aliphatic rings. The smallest absolute Gasteiger partial charge is 0.267 e. The summed E-state index contributed by atoms with van der Waals surface area (Å²) in [5.74, 6) is -0.115. The molecular weight excluding hydrogens is 224 g/mol. The van der Waals surface area contributed by atoms with Crippen molar-refractivity contribution in [2.75, 3.05) is 0 Å². The molecule has 1 amide bonds. The monoisotopic (exact) mass is 244 g/mol. The van der Waals surface area contributed by atoms with Crippen LogP contribution in [0.2, 0.25) is 0 Å². The molecule has 0 saturated heterocycles. The van der Waals surface area contributed by atoms with Gasteiger partial charge >= 0.3 is 0 Å². The molecule has 0 bridgehead atoms. The fourth-order valence-electron chi connectivity index (χ4n) is 2.23. The van der Waals surface area contributed by atoms with Crippen LogP contribution in [0.1, 0.15) is 54.4 Å². The largest absolute Gasteiger partial charge is 0.271 e. The standard InChI is InChI=1S/C15H20N2O/c1-12-7-6-8-13(11-12)15(18)17-16-14-9-4-2-3-5-10-14/h6-8,11H,2-5,9-10H2,1H3,(H,17,18). The van der Waals surface area contributed by atoms with Crippen molar-refractivity contribution in [3.8, 4) is 0 Å². The normalized spacial score (nSPS) is 15.9. The van der Waals surface area contributed by atoms with Gasteiger partial charge in [-0.2, -0.15) is 5.10 Å². The molecule has 18 heavy (non-hydrogen) atoms. The van der Waals surface area contributed by atoms with Crippen LogP contribution in [0, 0.1) is 6.92 Å². The highest BCUT2D eigenvalue weighted by Crippen LogP contribution is 2.14. The fraction of sp³-hybridized carbons (Fsp3) is 0.467. The van der Waals surface area contributed by atoms with Crippen molar-refractivity contribution in [3.63, 3.8) is 0 Å². The first-order valence-corrected chi connectivity index (χ1v) is 6.68. The summed E-state index contributed by atoms with van der Waals surface area (Å²) < 4.78 is 0. The minimum atomic E-state index is -0.115. The lowest BCUT2D eigenvalue weighted by Crippen LogP contribution is -2.19. The number of aryl methyl sites for hydroxylation is 1. The van der Waals surface area contributed by atoms with Gasteiger partial charge in [0.15, 0.2) is 0 Å². The SMILES string of the molecule is Cc1cccc(C(=O)NN=C2CCCCCC2)c1. The summed E-state index contributed by atoms with van der Waals surface area (Å²) in [4.78, 5) is 11.9. The molecule has 0 aliphatic heterocycles. The molecule has 0 unspecified atom stereocenters. The molecule has 0 atom stereocenters. The minimum absolute atomic E-state index is 0.115. The van der Waals surface area contributed by atoms with E-state index in [4.69, 9.17) is 0 Å². The van der Waals surface area contributed by atoms with Crippen LogP contribution in [-0.2, 0) is 0 Å². The number of carbonyl (C=O) groups excluding carboxylic acids is 1. The Hall–Kier alpha value is -1.64. The molecule has 3 nitrogen and oxygen atoms in total.